The van der Waals surface area contributed by atoms with Gasteiger partial charge in [-0.3, -0.25) is 4.79 Å². The van der Waals surface area contributed by atoms with Gasteiger partial charge < -0.3 is 4.98 Å². The molecule has 112 valence electrons. The second-order valence-corrected chi connectivity index (χ2v) is 7.68. The van der Waals surface area contributed by atoms with E-state index < -0.39 is 0 Å². The Labute approximate surface area is 139 Å². The van der Waals surface area contributed by atoms with Crippen molar-refractivity contribution in [1.29, 1.82) is 0 Å². The molecule has 0 fully saturated rings. The van der Waals surface area contributed by atoms with Gasteiger partial charge in [-0.05, 0) is 34.1 Å². The maximum atomic E-state index is 12.2. The summed E-state index contributed by atoms with van der Waals surface area (Å²) in [6, 6.07) is 8.23. The predicted octanol–water partition coefficient (Wildman–Crippen LogP) is 4.46. The minimum atomic E-state index is -0.155. The molecule has 0 radical (unpaired) electrons. The summed E-state index contributed by atoms with van der Waals surface area (Å²) in [5.41, 5.74) is 2.84. The summed E-state index contributed by atoms with van der Waals surface area (Å²) in [4.78, 5) is 19.7. The molecule has 0 amide bonds. The van der Waals surface area contributed by atoms with Crippen LogP contribution in [-0.4, -0.2) is 9.97 Å². The van der Waals surface area contributed by atoms with Crippen LogP contribution in [0.1, 0.15) is 51.8 Å². The highest BCUT2D eigenvalue weighted by atomic mass is 127. The van der Waals surface area contributed by atoms with E-state index in [0.29, 0.717) is 15.3 Å². The Morgan fingerprint density at radius 1 is 1.14 bits per heavy atom. The monoisotopic (exact) mass is 396 g/mol. The molecule has 0 saturated carbocycles. The van der Waals surface area contributed by atoms with Crippen LogP contribution in [0.5, 0.6) is 0 Å². The number of nitrogens with zero attached hydrogens (tertiary/aromatic N) is 1. The van der Waals surface area contributed by atoms with E-state index in [9.17, 15) is 4.79 Å². The van der Waals surface area contributed by atoms with Crippen molar-refractivity contribution in [3.05, 3.63) is 49.4 Å². The molecule has 0 aliphatic heterocycles. The van der Waals surface area contributed by atoms with Crippen molar-refractivity contribution < 1.29 is 0 Å². The SMILES string of the molecule is CC(C)c1ccc(-c2nc(C(C)(C)C)c(I)c(=O)[nH]2)cc1. The van der Waals surface area contributed by atoms with Gasteiger partial charge in [0.05, 0.1) is 5.69 Å². The van der Waals surface area contributed by atoms with E-state index in [2.05, 4.69) is 79.3 Å². The van der Waals surface area contributed by atoms with Crippen LogP contribution in [0.3, 0.4) is 0 Å². The summed E-state index contributed by atoms with van der Waals surface area (Å²) in [6.07, 6.45) is 0. The van der Waals surface area contributed by atoms with Crippen molar-refractivity contribution in [2.45, 2.75) is 46.0 Å². The Bertz CT molecular complexity index is 694. The standard InChI is InChI=1S/C17H21IN2O/c1-10(2)11-6-8-12(9-7-11)15-19-14(17(3,4)5)13(18)16(21)20-15/h6-10H,1-5H3,(H,19,20,21). The average Bonchev–Trinajstić information content (AvgIpc) is 2.40. The maximum Gasteiger partial charge on any atom is 0.264 e. The van der Waals surface area contributed by atoms with E-state index in [0.717, 1.165) is 11.3 Å². The van der Waals surface area contributed by atoms with E-state index in [4.69, 9.17) is 0 Å². The van der Waals surface area contributed by atoms with Gasteiger partial charge in [-0.1, -0.05) is 58.9 Å². The highest BCUT2D eigenvalue weighted by Crippen LogP contribution is 2.26. The van der Waals surface area contributed by atoms with Crippen LogP contribution in [0.2, 0.25) is 0 Å². The number of aromatic nitrogens is 2. The predicted molar refractivity (Wildman–Crippen MR) is 95.8 cm³/mol. The van der Waals surface area contributed by atoms with Gasteiger partial charge in [0.2, 0.25) is 0 Å². The van der Waals surface area contributed by atoms with E-state index in [1.165, 1.54) is 5.56 Å². The molecule has 0 aliphatic carbocycles. The van der Waals surface area contributed by atoms with Gasteiger partial charge >= 0.3 is 0 Å². The fourth-order valence-electron chi connectivity index (χ4n) is 2.12. The first-order valence-corrected chi connectivity index (χ1v) is 8.18. The number of hydrogen-bond donors (Lipinski definition) is 1. The summed E-state index contributed by atoms with van der Waals surface area (Å²) in [5, 5.41) is 0. The minimum absolute atomic E-state index is 0.0709. The average molecular weight is 396 g/mol. The maximum absolute atomic E-state index is 12.2. The first-order valence-electron chi connectivity index (χ1n) is 7.11. The van der Waals surface area contributed by atoms with Crippen LogP contribution < -0.4 is 5.56 Å². The topological polar surface area (TPSA) is 45.8 Å². The zero-order valence-corrected chi connectivity index (χ0v) is 15.3. The smallest absolute Gasteiger partial charge is 0.264 e. The van der Waals surface area contributed by atoms with Crippen molar-refractivity contribution in [1.82, 2.24) is 9.97 Å². The lowest BCUT2D eigenvalue weighted by molar-refractivity contribution is 0.562. The molecule has 1 heterocycles. The highest BCUT2D eigenvalue weighted by molar-refractivity contribution is 14.1. The lowest BCUT2D eigenvalue weighted by Gasteiger charge is -2.19. The van der Waals surface area contributed by atoms with E-state index in [1.54, 1.807) is 0 Å². The van der Waals surface area contributed by atoms with Crippen LogP contribution in [0.4, 0.5) is 0 Å². The van der Waals surface area contributed by atoms with Crippen LogP contribution in [0, 0.1) is 3.57 Å². The quantitative estimate of drug-likeness (QED) is 0.762. The summed E-state index contributed by atoms with van der Waals surface area (Å²) in [5.74, 6) is 1.13. The van der Waals surface area contributed by atoms with Crippen LogP contribution in [0.25, 0.3) is 11.4 Å². The number of aromatic amines is 1. The number of nitrogens with one attached hydrogen (secondary N) is 1. The van der Waals surface area contributed by atoms with E-state index >= 15 is 0 Å². The largest absolute Gasteiger partial charge is 0.306 e. The van der Waals surface area contributed by atoms with Gasteiger partial charge in [0.15, 0.2) is 0 Å². The number of H-pyrrole nitrogens is 1. The van der Waals surface area contributed by atoms with Crippen LogP contribution in [-0.2, 0) is 5.41 Å². The molecule has 2 rings (SSSR count). The Balaban J connectivity index is 2.55. The first-order chi connectivity index (χ1) is 9.70. The molecule has 3 nitrogen and oxygen atoms in total. The number of halogens is 1. The van der Waals surface area contributed by atoms with Crippen molar-refractivity contribution in [2.24, 2.45) is 0 Å². The van der Waals surface area contributed by atoms with Crippen LogP contribution >= 0.6 is 22.6 Å². The summed E-state index contributed by atoms with van der Waals surface area (Å²) >= 11 is 2.07. The Kier molecular flexibility index (Phi) is 4.56. The Morgan fingerprint density at radius 2 is 1.71 bits per heavy atom. The third kappa shape index (κ3) is 3.54. The second-order valence-electron chi connectivity index (χ2n) is 6.60. The first kappa shape index (κ1) is 16.2. The molecule has 0 spiro atoms. The van der Waals surface area contributed by atoms with Gasteiger partial charge in [-0.2, -0.15) is 0 Å². The van der Waals surface area contributed by atoms with Gasteiger partial charge in [0.25, 0.3) is 5.56 Å². The number of hydrogen-bond acceptors (Lipinski definition) is 2. The molecule has 0 bridgehead atoms. The summed E-state index contributed by atoms with van der Waals surface area (Å²) in [7, 11) is 0. The molecular formula is C17H21IN2O. The van der Waals surface area contributed by atoms with Crippen LogP contribution in [0.15, 0.2) is 29.1 Å². The van der Waals surface area contributed by atoms with E-state index in [-0.39, 0.29) is 11.0 Å². The summed E-state index contributed by atoms with van der Waals surface area (Å²) in [6.45, 7) is 10.5. The molecule has 2 aromatic rings. The van der Waals surface area contributed by atoms with Crippen molar-refractivity contribution in [2.75, 3.05) is 0 Å². The lowest BCUT2D eigenvalue weighted by atomic mass is 9.92. The lowest BCUT2D eigenvalue weighted by Crippen LogP contribution is -2.24. The number of rotatable bonds is 2. The van der Waals surface area contributed by atoms with Crippen molar-refractivity contribution in [3.8, 4) is 11.4 Å². The fourth-order valence-corrected chi connectivity index (χ4v) is 3.18. The Hall–Kier alpha value is -1.17. The molecule has 1 N–H and O–H groups in total. The van der Waals surface area contributed by atoms with Crippen molar-refractivity contribution >= 4 is 22.6 Å². The molecule has 0 atom stereocenters. The van der Waals surface area contributed by atoms with Gasteiger partial charge in [-0.15, -0.1) is 0 Å². The zero-order valence-electron chi connectivity index (χ0n) is 13.1. The summed E-state index contributed by atoms with van der Waals surface area (Å²) < 4.78 is 0.669. The molecule has 4 heteroatoms. The molecule has 21 heavy (non-hydrogen) atoms. The van der Waals surface area contributed by atoms with Gasteiger partial charge in [0, 0.05) is 11.0 Å². The third-order valence-corrected chi connectivity index (χ3v) is 4.42. The van der Waals surface area contributed by atoms with Gasteiger partial charge in [0.1, 0.15) is 9.39 Å². The van der Waals surface area contributed by atoms with Gasteiger partial charge in [-0.25, -0.2) is 4.98 Å². The normalized spacial score (nSPS) is 12.0. The Morgan fingerprint density at radius 3 is 2.19 bits per heavy atom. The fraction of sp³-hybridized carbons (Fsp3) is 0.412. The zero-order chi connectivity index (χ0) is 15.8. The molecular weight excluding hydrogens is 375 g/mol. The van der Waals surface area contributed by atoms with E-state index in [1.807, 2.05) is 12.1 Å². The highest BCUT2D eigenvalue weighted by Gasteiger charge is 2.22. The molecule has 1 aromatic carbocycles. The molecule has 0 aliphatic rings. The molecule has 0 unspecified atom stereocenters. The molecule has 0 saturated heterocycles. The minimum Gasteiger partial charge on any atom is -0.306 e. The number of benzene rings is 1. The second kappa shape index (κ2) is 5.91. The van der Waals surface area contributed by atoms with Crippen molar-refractivity contribution in [3.63, 3.8) is 0 Å². The molecule has 1 aromatic heterocycles. The third-order valence-electron chi connectivity index (χ3n) is 3.42.